The van der Waals surface area contributed by atoms with Crippen LogP contribution in [-0.4, -0.2) is 35.8 Å². The van der Waals surface area contributed by atoms with Gasteiger partial charge < -0.3 is 4.90 Å². The van der Waals surface area contributed by atoms with Gasteiger partial charge >= 0.3 is 0 Å². The summed E-state index contributed by atoms with van der Waals surface area (Å²) in [5, 5.41) is 5.04. The first-order valence-electron chi connectivity index (χ1n) is 6.50. The lowest BCUT2D eigenvalue weighted by atomic mass is 10.3. The normalized spacial score (nSPS) is 10.5. The van der Waals surface area contributed by atoms with Crippen LogP contribution in [0.3, 0.4) is 0 Å². The van der Waals surface area contributed by atoms with Crippen molar-refractivity contribution >= 4 is 39.6 Å². The fraction of sp³-hybridized carbons (Fsp3) is 0.357. The van der Waals surface area contributed by atoms with Gasteiger partial charge in [0.05, 0.1) is 11.3 Å². The molecule has 2 aromatic rings. The number of aryl methyl sites for hydroxylation is 2. The summed E-state index contributed by atoms with van der Waals surface area (Å²) in [6.45, 7) is 3.82. The molecule has 0 saturated carbocycles. The number of carbonyl (C=O) groups excluding carboxylic acids is 2. The molecule has 0 aliphatic rings. The number of thiophene rings is 1. The van der Waals surface area contributed by atoms with Crippen LogP contribution in [0.25, 0.3) is 0 Å². The Labute approximate surface area is 131 Å². The zero-order chi connectivity index (χ0) is 15.6. The van der Waals surface area contributed by atoms with E-state index in [4.69, 9.17) is 0 Å². The van der Waals surface area contributed by atoms with E-state index in [-0.39, 0.29) is 11.8 Å². The largest absolute Gasteiger partial charge is 0.344 e. The number of hydrogen-bond donors (Lipinski definition) is 1. The Morgan fingerprint density at radius 1 is 1.38 bits per heavy atom. The van der Waals surface area contributed by atoms with Crippen LogP contribution in [-0.2, 0) is 6.42 Å². The summed E-state index contributed by atoms with van der Waals surface area (Å²) in [4.78, 5) is 31.6. The molecule has 7 heteroatoms. The number of carbonyl (C=O) groups is 2. The molecule has 0 spiro atoms. The predicted octanol–water partition coefficient (Wildman–Crippen LogP) is 3.03. The molecule has 0 radical (unpaired) electrons. The third-order valence-corrected chi connectivity index (χ3v) is 5.02. The minimum Gasteiger partial charge on any atom is -0.344 e. The summed E-state index contributed by atoms with van der Waals surface area (Å²) in [6.07, 6.45) is 0.912. The number of rotatable bonds is 4. The van der Waals surface area contributed by atoms with Crippen LogP contribution in [0.4, 0.5) is 5.13 Å². The molecule has 0 fully saturated rings. The fourth-order valence-corrected chi connectivity index (χ4v) is 3.50. The average Bonchev–Trinajstić information content (AvgIpc) is 3.04. The van der Waals surface area contributed by atoms with Crippen molar-refractivity contribution in [3.63, 3.8) is 0 Å². The Bertz CT molecular complexity index is 674. The molecule has 0 atom stereocenters. The van der Waals surface area contributed by atoms with Gasteiger partial charge in [0.1, 0.15) is 4.88 Å². The van der Waals surface area contributed by atoms with Gasteiger partial charge in [0.2, 0.25) is 0 Å². The number of hydrogen-bond acceptors (Lipinski definition) is 5. The van der Waals surface area contributed by atoms with Gasteiger partial charge in [-0.05, 0) is 19.4 Å². The van der Waals surface area contributed by atoms with Crippen LogP contribution in [0.2, 0.25) is 0 Å². The van der Waals surface area contributed by atoms with Gasteiger partial charge in [0, 0.05) is 24.4 Å². The zero-order valence-corrected chi connectivity index (χ0v) is 14.0. The summed E-state index contributed by atoms with van der Waals surface area (Å²) in [7, 11) is 3.38. The fourth-order valence-electron chi connectivity index (χ4n) is 1.71. The number of anilines is 1. The van der Waals surface area contributed by atoms with Crippen molar-refractivity contribution in [2.24, 2.45) is 0 Å². The van der Waals surface area contributed by atoms with E-state index in [0.717, 1.165) is 6.42 Å². The van der Waals surface area contributed by atoms with E-state index >= 15 is 0 Å². The van der Waals surface area contributed by atoms with Crippen LogP contribution in [0.1, 0.15) is 37.5 Å². The van der Waals surface area contributed by atoms with Crippen molar-refractivity contribution in [1.82, 2.24) is 9.88 Å². The maximum atomic E-state index is 12.1. The Morgan fingerprint density at radius 2 is 2.10 bits per heavy atom. The van der Waals surface area contributed by atoms with Crippen LogP contribution in [0.5, 0.6) is 0 Å². The Morgan fingerprint density at radius 3 is 2.67 bits per heavy atom. The highest BCUT2D eigenvalue weighted by molar-refractivity contribution is 7.17. The van der Waals surface area contributed by atoms with Crippen molar-refractivity contribution in [3.8, 4) is 0 Å². The Kier molecular flexibility index (Phi) is 4.74. The number of thiazole rings is 1. The molecular formula is C14H17N3O2S2. The topological polar surface area (TPSA) is 62.3 Å². The number of aromatic nitrogens is 1. The number of amides is 2. The first-order valence-corrected chi connectivity index (χ1v) is 8.19. The van der Waals surface area contributed by atoms with Crippen molar-refractivity contribution in [3.05, 3.63) is 32.5 Å². The van der Waals surface area contributed by atoms with E-state index in [1.165, 1.54) is 21.1 Å². The number of nitrogens with zero attached hydrogens (tertiary/aromatic N) is 2. The SMILES string of the molecule is CCc1cc(C(=O)Nc2nc(C)c(C(=O)N(C)C)s2)cs1. The van der Waals surface area contributed by atoms with Gasteiger partial charge in [-0.3, -0.25) is 14.9 Å². The Hall–Kier alpha value is -1.73. The first kappa shape index (κ1) is 15.7. The summed E-state index contributed by atoms with van der Waals surface area (Å²) in [6, 6.07) is 1.88. The lowest BCUT2D eigenvalue weighted by molar-refractivity contribution is 0.0831. The van der Waals surface area contributed by atoms with E-state index in [9.17, 15) is 9.59 Å². The van der Waals surface area contributed by atoms with Crippen molar-refractivity contribution in [1.29, 1.82) is 0 Å². The molecule has 0 unspecified atom stereocenters. The van der Waals surface area contributed by atoms with E-state index in [2.05, 4.69) is 17.2 Å². The second-order valence-electron chi connectivity index (χ2n) is 4.74. The van der Waals surface area contributed by atoms with Crippen molar-refractivity contribution in [2.45, 2.75) is 20.3 Å². The lowest BCUT2D eigenvalue weighted by Gasteiger charge is -2.07. The maximum absolute atomic E-state index is 12.1. The van der Waals surface area contributed by atoms with Crippen LogP contribution in [0.15, 0.2) is 11.4 Å². The first-order chi connectivity index (χ1) is 9.92. The Balaban J connectivity index is 2.15. The van der Waals surface area contributed by atoms with E-state index < -0.39 is 0 Å². The quantitative estimate of drug-likeness (QED) is 0.940. The van der Waals surface area contributed by atoms with Crippen LogP contribution in [0, 0.1) is 6.92 Å². The number of nitrogens with one attached hydrogen (secondary N) is 1. The highest BCUT2D eigenvalue weighted by Crippen LogP contribution is 2.24. The lowest BCUT2D eigenvalue weighted by Crippen LogP contribution is -2.21. The molecular weight excluding hydrogens is 306 g/mol. The smallest absolute Gasteiger partial charge is 0.265 e. The van der Waals surface area contributed by atoms with Crippen LogP contribution < -0.4 is 5.32 Å². The molecule has 112 valence electrons. The second-order valence-corrected chi connectivity index (χ2v) is 6.74. The van der Waals surface area contributed by atoms with Gasteiger partial charge in [0.25, 0.3) is 11.8 Å². The maximum Gasteiger partial charge on any atom is 0.265 e. The van der Waals surface area contributed by atoms with Crippen molar-refractivity contribution < 1.29 is 9.59 Å². The minimum atomic E-state index is -0.191. The predicted molar refractivity (Wildman–Crippen MR) is 86.5 cm³/mol. The van der Waals surface area contributed by atoms with E-state index in [1.807, 2.05) is 11.4 Å². The van der Waals surface area contributed by atoms with Gasteiger partial charge in [-0.25, -0.2) is 4.98 Å². The molecule has 0 bridgehead atoms. The van der Waals surface area contributed by atoms with Gasteiger partial charge in [-0.1, -0.05) is 18.3 Å². The molecule has 5 nitrogen and oxygen atoms in total. The molecule has 2 amide bonds. The van der Waals surface area contributed by atoms with Gasteiger partial charge in [-0.2, -0.15) is 0 Å². The molecule has 0 aromatic carbocycles. The summed E-state index contributed by atoms with van der Waals surface area (Å²) >= 11 is 2.77. The summed E-state index contributed by atoms with van der Waals surface area (Å²) < 4.78 is 0. The molecule has 0 aliphatic heterocycles. The highest BCUT2D eigenvalue weighted by atomic mass is 32.1. The van der Waals surface area contributed by atoms with Crippen molar-refractivity contribution in [2.75, 3.05) is 19.4 Å². The van der Waals surface area contributed by atoms with Crippen LogP contribution >= 0.6 is 22.7 Å². The molecule has 1 N–H and O–H groups in total. The average molecular weight is 323 g/mol. The summed E-state index contributed by atoms with van der Waals surface area (Å²) in [5.74, 6) is -0.294. The minimum absolute atomic E-state index is 0.102. The third-order valence-electron chi connectivity index (χ3n) is 2.88. The van der Waals surface area contributed by atoms with Gasteiger partial charge in [-0.15, -0.1) is 11.3 Å². The van der Waals surface area contributed by atoms with Gasteiger partial charge in [0.15, 0.2) is 5.13 Å². The standard InChI is InChI=1S/C14H17N3O2S2/c1-5-10-6-9(7-20-10)12(18)16-14-15-8(2)11(21-14)13(19)17(3)4/h6-7H,5H2,1-4H3,(H,15,16,18). The molecule has 21 heavy (non-hydrogen) atoms. The van der Waals surface area contributed by atoms with E-state index in [0.29, 0.717) is 21.3 Å². The monoisotopic (exact) mass is 323 g/mol. The molecule has 2 aromatic heterocycles. The highest BCUT2D eigenvalue weighted by Gasteiger charge is 2.18. The molecule has 2 heterocycles. The second kappa shape index (κ2) is 6.36. The summed E-state index contributed by atoms with van der Waals surface area (Å²) in [5.41, 5.74) is 1.26. The molecule has 0 aliphatic carbocycles. The molecule has 2 rings (SSSR count). The molecule has 0 saturated heterocycles. The zero-order valence-electron chi connectivity index (χ0n) is 12.4. The third kappa shape index (κ3) is 3.48. The van der Waals surface area contributed by atoms with E-state index in [1.54, 1.807) is 32.4 Å².